The van der Waals surface area contributed by atoms with Crippen molar-refractivity contribution in [3.8, 4) is 0 Å². The molecule has 0 saturated carbocycles. The summed E-state index contributed by atoms with van der Waals surface area (Å²) in [6.07, 6.45) is 0.844. The highest BCUT2D eigenvalue weighted by atomic mass is 17.4. The molecule has 2 heteroatoms. The molecule has 0 bridgehead atoms. The van der Waals surface area contributed by atoms with Gasteiger partial charge >= 0.3 is 0 Å². The second-order valence-electron chi connectivity index (χ2n) is 3.92. The second kappa shape index (κ2) is 2.36. The van der Waals surface area contributed by atoms with Crippen LogP contribution in [-0.4, -0.2) is 6.29 Å². The third kappa shape index (κ3) is 2.50. The van der Waals surface area contributed by atoms with Gasteiger partial charge in [-0.3, -0.25) is 0 Å². The fourth-order valence-corrected chi connectivity index (χ4v) is 0.928. The lowest BCUT2D eigenvalue weighted by atomic mass is 9.88. The third-order valence-corrected chi connectivity index (χ3v) is 1.28. The molecule has 0 amide bonds. The second-order valence-corrected chi connectivity index (χ2v) is 3.92. The zero-order chi connectivity index (χ0) is 7.78. The van der Waals surface area contributed by atoms with Gasteiger partial charge in [-0.1, -0.05) is 27.4 Å². The first-order valence-electron chi connectivity index (χ1n) is 3.49. The Morgan fingerprint density at radius 1 is 1.40 bits per heavy atom. The standard InChI is InChI=1S/C8H14O2/c1-6(7-9-10-7)5-8(2,3)4/h7H,1,5H2,2-4H3. The van der Waals surface area contributed by atoms with Gasteiger partial charge in [0, 0.05) is 0 Å². The lowest BCUT2D eigenvalue weighted by Crippen LogP contribution is -2.08. The molecule has 10 heavy (non-hydrogen) atoms. The minimum Gasteiger partial charge on any atom is -0.193 e. The first kappa shape index (κ1) is 7.76. The van der Waals surface area contributed by atoms with Gasteiger partial charge in [0.15, 0.2) is 0 Å². The Hall–Kier alpha value is -0.340. The van der Waals surface area contributed by atoms with E-state index < -0.39 is 0 Å². The first-order chi connectivity index (χ1) is 4.49. The summed E-state index contributed by atoms with van der Waals surface area (Å²) in [5.74, 6) is 0. The lowest BCUT2D eigenvalue weighted by Gasteiger charge is -2.17. The molecule has 1 aliphatic heterocycles. The summed E-state index contributed by atoms with van der Waals surface area (Å²) in [5.41, 5.74) is 1.32. The monoisotopic (exact) mass is 142 g/mol. The minimum absolute atomic E-state index is 0.112. The summed E-state index contributed by atoms with van der Waals surface area (Å²) >= 11 is 0. The van der Waals surface area contributed by atoms with E-state index in [0.717, 1.165) is 12.0 Å². The van der Waals surface area contributed by atoms with Crippen LogP contribution in [0, 0.1) is 5.41 Å². The number of rotatable bonds is 2. The molecule has 0 aliphatic carbocycles. The van der Waals surface area contributed by atoms with Crippen molar-refractivity contribution >= 4 is 0 Å². The van der Waals surface area contributed by atoms with Crippen molar-refractivity contribution in [1.29, 1.82) is 0 Å². The molecule has 0 spiro atoms. The molecule has 0 radical (unpaired) electrons. The lowest BCUT2D eigenvalue weighted by molar-refractivity contribution is 0.0850. The van der Waals surface area contributed by atoms with Crippen LogP contribution in [0.25, 0.3) is 0 Å². The van der Waals surface area contributed by atoms with Crippen molar-refractivity contribution in [3.63, 3.8) is 0 Å². The number of hydrogen-bond donors (Lipinski definition) is 0. The maximum Gasteiger partial charge on any atom is 0.245 e. The fraction of sp³-hybridized carbons (Fsp3) is 0.750. The Balaban J connectivity index is 2.30. The molecule has 2 nitrogen and oxygen atoms in total. The summed E-state index contributed by atoms with van der Waals surface area (Å²) in [7, 11) is 0. The van der Waals surface area contributed by atoms with E-state index in [1.807, 2.05) is 0 Å². The molecule has 0 N–H and O–H groups in total. The van der Waals surface area contributed by atoms with E-state index in [0.29, 0.717) is 0 Å². The van der Waals surface area contributed by atoms with Gasteiger partial charge in [-0.05, 0) is 17.4 Å². The van der Waals surface area contributed by atoms with Gasteiger partial charge in [0.25, 0.3) is 0 Å². The topological polar surface area (TPSA) is 25.1 Å². The van der Waals surface area contributed by atoms with Crippen LogP contribution in [0.1, 0.15) is 27.2 Å². The van der Waals surface area contributed by atoms with Crippen molar-refractivity contribution in [2.24, 2.45) is 5.41 Å². The summed E-state index contributed by atoms with van der Waals surface area (Å²) in [6, 6.07) is 0. The Morgan fingerprint density at radius 3 is 2.20 bits per heavy atom. The summed E-state index contributed by atoms with van der Waals surface area (Å²) in [4.78, 5) is 9.23. The first-order valence-corrected chi connectivity index (χ1v) is 3.49. The van der Waals surface area contributed by atoms with Crippen molar-refractivity contribution in [2.75, 3.05) is 0 Å². The molecule has 0 unspecified atom stereocenters. The van der Waals surface area contributed by atoms with Gasteiger partial charge in [-0.25, -0.2) is 0 Å². The molecule has 0 aromatic heterocycles. The Labute approximate surface area is 61.8 Å². The highest BCUT2D eigenvalue weighted by Crippen LogP contribution is 2.30. The molecule has 1 rings (SSSR count). The van der Waals surface area contributed by atoms with E-state index in [1.165, 1.54) is 0 Å². The maximum absolute atomic E-state index is 4.62. The normalized spacial score (nSPS) is 19.1. The van der Waals surface area contributed by atoms with Crippen molar-refractivity contribution in [3.05, 3.63) is 12.2 Å². The van der Waals surface area contributed by atoms with E-state index in [-0.39, 0.29) is 11.7 Å². The molecular weight excluding hydrogens is 128 g/mol. The van der Waals surface area contributed by atoms with E-state index in [2.05, 4.69) is 37.1 Å². The minimum atomic E-state index is -0.112. The molecule has 1 fully saturated rings. The van der Waals surface area contributed by atoms with Crippen LogP contribution in [0.5, 0.6) is 0 Å². The van der Waals surface area contributed by atoms with Crippen LogP contribution < -0.4 is 0 Å². The Kier molecular flexibility index (Phi) is 1.84. The van der Waals surface area contributed by atoms with Crippen molar-refractivity contribution < 1.29 is 9.78 Å². The molecule has 0 aromatic rings. The highest BCUT2D eigenvalue weighted by molar-refractivity contribution is 5.02. The van der Waals surface area contributed by atoms with Crippen LogP contribution in [0.15, 0.2) is 12.2 Å². The smallest absolute Gasteiger partial charge is 0.193 e. The zero-order valence-corrected chi connectivity index (χ0v) is 6.81. The third-order valence-electron chi connectivity index (χ3n) is 1.28. The molecule has 1 heterocycles. The van der Waals surface area contributed by atoms with E-state index in [9.17, 15) is 0 Å². The van der Waals surface area contributed by atoms with Gasteiger partial charge in [0.1, 0.15) is 0 Å². The SMILES string of the molecule is C=C(CC(C)(C)C)C1OO1. The molecule has 0 aromatic carbocycles. The van der Waals surface area contributed by atoms with Gasteiger partial charge in [0.05, 0.1) is 0 Å². The quantitative estimate of drug-likeness (QED) is 0.335. The summed E-state index contributed by atoms with van der Waals surface area (Å²) in [5, 5.41) is 0. The molecule has 1 aliphatic rings. The zero-order valence-electron chi connectivity index (χ0n) is 6.81. The Bertz CT molecular complexity index is 140. The molecular formula is C8H14O2. The molecule has 58 valence electrons. The molecule has 0 atom stereocenters. The number of hydrogen-bond acceptors (Lipinski definition) is 2. The van der Waals surface area contributed by atoms with Gasteiger partial charge in [-0.15, -0.1) is 0 Å². The van der Waals surface area contributed by atoms with Crippen LogP contribution in [0.3, 0.4) is 0 Å². The van der Waals surface area contributed by atoms with Crippen LogP contribution >= 0.6 is 0 Å². The van der Waals surface area contributed by atoms with Gasteiger partial charge in [-0.2, -0.15) is 9.78 Å². The predicted octanol–water partition coefficient (Wildman–Crippen LogP) is 2.27. The average Bonchev–Trinajstić information content (AvgIpc) is 2.35. The van der Waals surface area contributed by atoms with Crippen molar-refractivity contribution in [2.45, 2.75) is 33.5 Å². The van der Waals surface area contributed by atoms with Gasteiger partial charge < -0.3 is 0 Å². The van der Waals surface area contributed by atoms with Crippen LogP contribution in [0.2, 0.25) is 0 Å². The van der Waals surface area contributed by atoms with E-state index >= 15 is 0 Å². The molecule has 1 saturated heterocycles. The average molecular weight is 142 g/mol. The maximum atomic E-state index is 4.62. The fourth-order valence-electron chi connectivity index (χ4n) is 0.928. The summed E-state index contributed by atoms with van der Waals surface area (Å²) in [6.45, 7) is 10.4. The Morgan fingerprint density at radius 2 is 1.90 bits per heavy atom. The van der Waals surface area contributed by atoms with Crippen LogP contribution in [0.4, 0.5) is 0 Å². The summed E-state index contributed by atoms with van der Waals surface area (Å²) < 4.78 is 0. The largest absolute Gasteiger partial charge is 0.245 e. The van der Waals surface area contributed by atoms with Crippen molar-refractivity contribution in [1.82, 2.24) is 0 Å². The van der Waals surface area contributed by atoms with E-state index in [1.54, 1.807) is 0 Å². The van der Waals surface area contributed by atoms with Gasteiger partial charge in [0.2, 0.25) is 6.29 Å². The van der Waals surface area contributed by atoms with Crippen LogP contribution in [-0.2, 0) is 9.78 Å². The highest BCUT2D eigenvalue weighted by Gasteiger charge is 2.31. The van der Waals surface area contributed by atoms with E-state index in [4.69, 9.17) is 0 Å². The predicted molar refractivity (Wildman–Crippen MR) is 39.2 cm³/mol.